The van der Waals surface area contributed by atoms with E-state index in [0.29, 0.717) is 18.4 Å². The van der Waals surface area contributed by atoms with Crippen LogP contribution in [-0.2, 0) is 25.4 Å². The fourth-order valence-electron chi connectivity index (χ4n) is 5.90. The van der Waals surface area contributed by atoms with Gasteiger partial charge in [0.05, 0.1) is 23.0 Å². The van der Waals surface area contributed by atoms with Crippen LogP contribution in [0.3, 0.4) is 0 Å². The van der Waals surface area contributed by atoms with Gasteiger partial charge in [-0.2, -0.15) is 26.3 Å². The van der Waals surface area contributed by atoms with E-state index in [0.717, 1.165) is 48.6 Å². The van der Waals surface area contributed by atoms with E-state index in [2.05, 4.69) is 15.5 Å². The van der Waals surface area contributed by atoms with E-state index in [1.807, 2.05) is 42.1 Å². The van der Waals surface area contributed by atoms with Gasteiger partial charge in [0.15, 0.2) is 0 Å². The number of halogens is 6. The van der Waals surface area contributed by atoms with Gasteiger partial charge in [0.2, 0.25) is 5.96 Å². The molecule has 2 aromatic heterocycles. The normalized spacial score (nSPS) is 16.2. The van der Waals surface area contributed by atoms with Crippen molar-refractivity contribution >= 4 is 11.8 Å². The molecule has 8 nitrogen and oxygen atoms in total. The van der Waals surface area contributed by atoms with Crippen LogP contribution < -0.4 is 10.4 Å². The molecule has 14 heteroatoms. The van der Waals surface area contributed by atoms with Gasteiger partial charge in [-0.25, -0.2) is 10.1 Å². The van der Waals surface area contributed by atoms with Crippen molar-refractivity contribution < 1.29 is 26.3 Å². The molecule has 1 N–H and O–H groups in total. The summed E-state index contributed by atoms with van der Waals surface area (Å²) in [4.78, 5) is 8.73. The molecule has 0 bridgehead atoms. The molecule has 5 rings (SSSR count). The highest BCUT2D eigenvalue weighted by Crippen LogP contribution is 2.37. The molecule has 1 aliphatic carbocycles. The third-order valence-corrected chi connectivity index (χ3v) is 7.96. The molecule has 1 saturated carbocycles. The predicted octanol–water partition coefficient (Wildman–Crippen LogP) is 6.50. The lowest BCUT2D eigenvalue weighted by Gasteiger charge is -2.32. The Hall–Kier alpha value is -3.94. The van der Waals surface area contributed by atoms with Gasteiger partial charge < -0.3 is 14.4 Å². The number of nitrogens with zero attached hydrogens (tertiary/aromatic N) is 7. The van der Waals surface area contributed by atoms with Crippen LogP contribution in [0.2, 0.25) is 0 Å². The Balaban J connectivity index is 1.58. The second-order valence-corrected chi connectivity index (χ2v) is 11.3. The summed E-state index contributed by atoms with van der Waals surface area (Å²) in [6.45, 7) is 3.40. The summed E-state index contributed by atoms with van der Waals surface area (Å²) in [6, 6.07) is 7.41. The first kappa shape index (κ1) is 31.5. The lowest BCUT2D eigenvalue weighted by Crippen LogP contribution is -2.45. The van der Waals surface area contributed by atoms with Crippen molar-refractivity contribution in [2.45, 2.75) is 58.0 Å². The van der Waals surface area contributed by atoms with E-state index in [1.54, 1.807) is 30.2 Å². The standard InChI is InChI=1S/C30H36F6N8/c1-4-42(18-21-9-5-6-10-21)27-23(15-26(17-37-27)43-11-7-8-12-43)20-44(28-38-41(3)39-40(28)2)19-22-13-24(29(31,32)33)16-25(14-22)30(34,35)36/h7-8,11-17,21,39H,4-6,9-10,18-20H2,1-3H3. The maximum absolute atomic E-state index is 13.7. The Kier molecular flexibility index (Phi) is 9.00. The molecule has 2 aliphatic rings. The van der Waals surface area contributed by atoms with Crippen LogP contribution in [0.15, 0.2) is 60.1 Å². The second kappa shape index (κ2) is 12.6. The molecule has 0 unspecified atom stereocenters. The van der Waals surface area contributed by atoms with E-state index in [4.69, 9.17) is 4.98 Å². The smallest absolute Gasteiger partial charge is 0.356 e. The summed E-state index contributed by atoms with van der Waals surface area (Å²) in [5.41, 5.74) is 1.64. The highest BCUT2D eigenvalue weighted by Gasteiger charge is 2.37. The largest absolute Gasteiger partial charge is 0.416 e. The van der Waals surface area contributed by atoms with Gasteiger partial charge in [0.25, 0.3) is 0 Å². The fraction of sp³-hybridized carbons (Fsp3) is 0.467. The minimum absolute atomic E-state index is 0.120. The van der Waals surface area contributed by atoms with Crippen molar-refractivity contribution in [3.05, 3.63) is 77.2 Å². The Morgan fingerprint density at radius 2 is 1.52 bits per heavy atom. The summed E-state index contributed by atoms with van der Waals surface area (Å²) < 4.78 is 84.2. The third-order valence-electron chi connectivity index (χ3n) is 7.96. The summed E-state index contributed by atoms with van der Waals surface area (Å²) in [5.74, 6) is 1.58. The van der Waals surface area contributed by atoms with Gasteiger partial charge in [-0.15, -0.1) is 10.6 Å². The highest BCUT2D eigenvalue weighted by atomic mass is 19.4. The maximum atomic E-state index is 13.7. The summed E-state index contributed by atoms with van der Waals surface area (Å²) >= 11 is 0. The zero-order valence-electron chi connectivity index (χ0n) is 24.8. The van der Waals surface area contributed by atoms with Crippen LogP contribution in [0.4, 0.5) is 32.2 Å². The Labute approximate surface area is 252 Å². The van der Waals surface area contributed by atoms with Gasteiger partial charge in [0.1, 0.15) is 5.82 Å². The van der Waals surface area contributed by atoms with E-state index in [1.165, 1.54) is 18.0 Å². The number of pyridine rings is 1. The van der Waals surface area contributed by atoms with Crippen LogP contribution in [0.1, 0.15) is 54.9 Å². The molecule has 3 heterocycles. The average molecular weight is 623 g/mol. The molecular weight excluding hydrogens is 586 g/mol. The van der Waals surface area contributed by atoms with Crippen LogP contribution in [-0.4, -0.2) is 57.7 Å². The van der Waals surface area contributed by atoms with Gasteiger partial charge in [0, 0.05) is 58.2 Å². The Bertz CT molecular complexity index is 1410. The number of aromatic nitrogens is 2. The van der Waals surface area contributed by atoms with Crippen molar-refractivity contribution in [3.63, 3.8) is 0 Å². The topological polar surface area (TPSA) is 55.2 Å². The van der Waals surface area contributed by atoms with Crippen molar-refractivity contribution in [1.82, 2.24) is 30.1 Å². The molecule has 0 atom stereocenters. The average Bonchev–Trinajstić information content (AvgIpc) is 3.73. The number of hydrazine groups is 2. The second-order valence-electron chi connectivity index (χ2n) is 11.3. The summed E-state index contributed by atoms with van der Waals surface area (Å²) in [7, 11) is 3.32. The number of hydrogen-bond donors (Lipinski definition) is 1. The zero-order valence-corrected chi connectivity index (χ0v) is 24.8. The van der Waals surface area contributed by atoms with Crippen molar-refractivity contribution in [3.8, 4) is 5.69 Å². The first-order valence-electron chi connectivity index (χ1n) is 14.5. The minimum Gasteiger partial charge on any atom is -0.356 e. The summed E-state index contributed by atoms with van der Waals surface area (Å²) in [6.07, 6.45) is 0.276. The number of benzene rings is 1. The predicted molar refractivity (Wildman–Crippen MR) is 155 cm³/mol. The number of rotatable bonds is 9. The zero-order chi connectivity index (χ0) is 31.6. The number of nitrogens with one attached hydrogen (secondary N) is 1. The lowest BCUT2D eigenvalue weighted by molar-refractivity contribution is -0.143. The molecule has 238 valence electrons. The molecule has 1 fully saturated rings. The quantitative estimate of drug-likeness (QED) is 0.275. The molecule has 1 aliphatic heterocycles. The molecule has 0 spiro atoms. The van der Waals surface area contributed by atoms with Crippen molar-refractivity contribution in [2.24, 2.45) is 11.0 Å². The number of hydrazone groups is 1. The third kappa shape index (κ3) is 7.22. The van der Waals surface area contributed by atoms with Crippen LogP contribution in [0.5, 0.6) is 0 Å². The Morgan fingerprint density at radius 1 is 0.886 bits per heavy atom. The van der Waals surface area contributed by atoms with Crippen LogP contribution >= 0.6 is 0 Å². The monoisotopic (exact) mass is 622 g/mol. The molecular formula is C30H36F6N8. The van der Waals surface area contributed by atoms with Crippen LogP contribution in [0.25, 0.3) is 5.69 Å². The number of anilines is 1. The first-order valence-corrected chi connectivity index (χ1v) is 14.5. The van der Waals surface area contributed by atoms with Gasteiger partial charge in [-0.3, -0.25) is 5.01 Å². The fourth-order valence-corrected chi connectivity index (χ4v) is 5.90. The molecule has 0 radical (unpaired) electrons. The number of alkyl halides is 6. The van der Waals surface area contributed by atoms with Gasteiger partial charge in [-0.1, -0.05) is 12.8 Å². The maximum Gasteiger partial charge on any atom is 0.416 e. The van der Waals surface area contributed by atoms with Gasteiger partial charge in [-0.05, 0) is 67.6 Å². The molecule has 1 aromatic carbocycles. The molecule has 3 aromatic rings. The van der Waals surface area contributed by atoms with Crippen LogP contribution in [0, 0.1) is 5.92 Å². The van der Waals surface area contributed by atoms with E-state index < -0.39 is 23.5 Å². The molecule has 44 heavy (non-hydrogen) atoms. The van der Waals surface area contributed by atoms with E-state index >= 15 is 0 Å². The van der Waals surface area contributed by atoms with Gasteiger partial charge >= 0.3 is 12.4 Å². The first-order chi connectivity index (χ1) is 20.8. The van der Waals surface area contributed by atoms with Crippen molar-refractivity contribution in [2.75, 3.05) is 32.1 Å². The number of hydrogen-bond acceptors (Lipinski definition) is 7. The van der Waals surface area contributed by atoms with E-state index in [9.17, 15) is 26.3 Å². The summed E-state index contributed by atoms with van der Waals surface area (Å²) in [5, 5.41) is 7.45. The molecule has 0 saturated heterocycles. The lowest BCUT2D eigenvalue weighted by atomic mass is 10.0. The SMILES string of the molecule is CCN(CC1CCCC1)c1ncc(-n2cccc2)cc1CN(Cc1cc(C(F)(F)F)cc(C(F)(F)F)c1)C1=NN(C)NN1C. The highest BCUT2D eigenvalue weighted by molar-refractivity contribution is 5.80. The van der Waals surface area contributed by atoms with E-state index in [-0.39, 0.29) is 24.7 Å². The Morgan fingerprint density at radius 3 is 2.07 bits per heavy atom. The minimum atomic E-state index is -4.95. The van der Waals surface area contributed by atoms with Crippen molar-refractivity contribution in [1.29, 1.82) is 0 Å². The molecule has 0 amide bonds. The number of guanidine groups is 1.